The molecule has 2 aromatic carbocycles. The normalized spacial score (nSPS) is 24.5. The molecule has 2 aromatic rings. The highest BCUT2D eigenvalue weighted by Gasteiger charge is 2.68. The molecule has 0 radical (unpaired) electrons. The van der Waals surface area contributed by atoms with Gasteiger partial charge in [-0.05, 0) is 43.7 Å². The SMILES string of the molecule is CC1(C)[C@H](C(=O)OCc2ccc([N+](=O)[O-])cc2)N2C(=O)[C@@H](NC(=O)Oc3ccccc3)[C@H]2S1=O. The predicted octanol–water partition coefficient (Wildman–Crippen LogP) is 1.87. The summed E-state index contributed by atoms with van der Waals surface area (Å²) in [5, 5.41) is 12.3. The summed E-state index contributed by atoms with van der Waals surface area (Å²) in [6.45, 7) is 3.01. The number of fused-ring (bicyclic) bond motifs is 1. The number of rotatable bonds is 6. The van der Waals surface area contributed by atoms with Gasteiger partial charge in [0.1, 0.15) is 29.8 Å². The average Bonchev–Trinajstić information content (AvgIpc) is 3.00. The van der Waals surface area contributed by atoms with Gasteiger partial charge in [-0.25, -0.2) is 9.59 Å². The van der Waals surface area contributed by atoms with Gasteiger partial charge in [-0.2, -0.15) is 0 Å². The van der Waals surface area contributed by atoms with Gasteiger partial charge in [-0.1, -0.05) is 18.2 Å². The molecule has 2 heterocycles. The van der Waals surface area contributed by atoms with E-state index in [1.165, 1.54) is 29.2 Å². The minimum atomic E-state index is -1.68. The van der Waals surface area contributed by atoms with Crippen molar-refractivity contribution in [2.45, 2.75) is 42.7 Å². The Hall–Kier alpha value is -3.80. The summed E-state index contributed by atoms with van der Waals surface area (Å²) >= 11 is 0. The number of β-lactam (4-membered cyclic amide) rings is 1. The second-order valence-electron chi connectivity index (χ2n) is 8.30. The smallest absolute Gasteiger partial charge is 0.413 e. The Morgan fingerprint density at radius 2 is 1.79 bits per heavy atom. The molecule has 1 unspecified atom stereocenters. The van der Waals surface area contributed by atoms with Crippen LogP contribution < -0.4 is 10.1 Å². The maximum absolute atomic E-state index is 13.1. The number of nitrogens with zero attached hydrogens (tertiary/aromatic N) is 2. The van der Waals surface area contributed by atoms with Crippen LogP contribution in [0.1, 0.15) is 19.4 Å². The third-order valence-corrected chi connectivity index (χ3v) is 7.93. The first-order chi connectivity index (χ1) is 16.1. The fourth-order valence-electron chi connectivity index (χ4n) is 3.97. The first kappa shape index (κ1) is 23.4. The Kier molecular flexibility index (Phi) is 6.09. The molecule has 0 aliphatic carbocycles. The number of hydrogen-bond acceptors (Lipinski definition) is 8. The van der Waals surface area contributed by atoms with Gasteiger partial charge in [0.2, 0.25) is 5.91 Å². The van der Waals surface area contributed by atoms with E-state index >= 15 is 0 Å². The number of amides is 2. The Morgan fingerprint density at radius 3 is 2.41 bits per heavy atom. The fraction of sp³-hybridized carbons (Fsp3) is 0.318. The fourth-order valence-corrected chi connectivity index (χ4v) is 5.89. The van der Waals surface area contributed by atoms with E-state index in [0.29, 0.717) is 5.56 Å². The summed E-state index contributed by atoms with van der Waals surface area (Å²) in [5.74, 6) is -1.03. The lowest BCUT2D eigenvalue weighted by Crippen LogP contribution is -2.71. The lowest BCUT2D eigenvalue weighted by molar-refractivity contribution is -0.384. The molecule has 0 saturated carbocycles. The zero-order valence-electron chi connectivity index (χ0n) is 18.2. The number of nitro groups is 1. The van der Waals surface area contributed by atoms with Crippen molar-refractivity contribution in [1.29, 1.82) is 0 Å². The molecular weight excluding hydrogens is 466 g/mol. The van der Waals surface area contributed by atoms with Gasteiger partial charge >= 0.3 is 12.1 Å². The van der Waals surface area contributed by atoms with Crippen LogP contribution in [0, 0.1) is 10.1 Å². The Balaban J connectivity index is 1.42. The molecule has 2 aliphatic rings. The van der Waals surface area contributed by atoms with E-state index in [1.54, 1.807) is 44.2 Å². The van der Waals surface area contributed by atoms with E-state index < -0.39 is 55.9 Å². The number of carbonyl (C=O) groups excluding carboxylic acids is 3. The minimum absolute atomic E-state index is 0.0965. The zero-order valence-corrected chi connectivity index (χ0v) is 19.0. The summed E-state index contributed by atoms with van der Waals surface area (Å²) in [5.41, 5.74) is 0.423. The molecule has 0 bridgehead atoms. The van der Waals surface area contributed by atoms with Crippen LogP contribution in [0.15, 0.2) is 54.6 Å². The number of benzene rings is 2. The highest BCUT2D eigenvalue weighted by molar-refractivity contribution is 7.87. The second-order valence-corrected chi connectivity index (χ2v) is 10.4. The Morgan fingerprint density at radius 1 is 1.15 bits per heavy atom. The lowest BCUT2D eigenvalue weighted by atomic mass is 9.96. The van der Waals surface area contributed by atoms with Crippen molar-refractivity contribution in [2.75, 3.05) is 0 Å². The zero-order chi connectivity index (χ0) is 24.6. The molecule has 2 saturated heterocycles. The number of esters is 1. The molecule has 178 valence electrons. The van der Waals surface area contributed by atoms with Crippen LogP contribution in [0.5, 0.6) is 5.75 Å². The monoisotopic (exact) mass is 487 g/mol. The highest BCUT2D eigenvalue weighted by Crippen LogP contribution is 2.44. The molecule has 1 N–H and O–H groups in total. The maximum Gasteiger partial charge on any atom is 0.413 e. The molecule has 12 heteroatoms. The third kappa shape index (κ3) is 4.12. The standard InChI is InChI=1S/C22H21N3O8S/c1-22(2)17(20(27)32-12-13-8-10-14(11-9-13)25(29)30)24-18(26)16(19(24)34(22)31)23-21(28)33-15-6-4-3-5-7-15/h3-11,16-17,19H,12H2,1-2H3,(H,23,28)/t16-,17+,19-,34?/m1/s1. The van der Waals surface area contributed by atoms with E-state index in [9.17, 15) is 28.7 Å². The summed E-state index contributed by atoms with van der Waals surface area (Å²) < 4.78 is 22.5. The number of carbonyl (C=O) groups is 3. The molecule has 2 fully saturated rings. The van der Waals surface area contributed by atoms with Crippen LogP contribution in [-0.2, 0) is 31.7 Å². The van der Waals surface area contributed by atoms with Crippen molar-refractivity contribution in [2.24, 2.45) is 0 Å². The number of hydrogen-bond donors (Lipinski definition) is 1. The van der Waals surface area contributed by atoms with E-state index in [2.05, 4.69) is 5.32 Å². The van der Waals surface area contributed by atoms with E-state index in [1.807, 2.05) is 0 Å². The van der Waals surface area contributed by atoms with Gasteiger partial charge < -0.3 is 19.7 Å². The van der Waals surface area contributed by atoms with Crippen LogP contribution in [0.3, 0.4) is 0 Å². The van der Waals surface area contributed by atoms with Gasteiger partial charge in [-0.15, -0.1) is 0 Å². The quantitative estimate of drug-likeness (QED) is 0.281. The van der Waals surface area contributed by atoms with Crippen molar-refractivity contribution in [3.8, 4) is 5.75 Å². The highest BCUT2D eigenvalue weighted by atomic mass is 32.2. The second kappa shape index (κ2) is 8.86. The Bertz CT molecular complexity index is 1170. The van der Waals surface area contributed by atoms with Crippen LogP contribution in [0.4, 0.5) is 10.5 Å². The van der Waals surface area contributed by atoms with Crippen LogP contribution in [0.2, 0.25) is 0 Å². The molecule has 4 atom stereocenters. The van der Waals surface area contributed by atoms with Crippen molar-refractivity contribution in [3.05, 3.63) is 70.3 Å². The minimum Gasteiger partial charge on any atom is -0.459 e. The Labute approximate surface area is 196 Å². The maximum atomic E-state index is 13.1. The van der Waals surface area contributed by atoms with Crippen LogP contribution in [0.25, 0.3) is 0 Å². The first-order valence-electron chi connectivity index (χ1n) is 10.3. The molecule has 4 rings (SSSR count). The summed E-state index contributed by atoms with van der Waals surface area (Å²) in [7, 11) is -1.68. The number of nitrogens with one attached hydrogen (secondary N) is 1. The number of ether oxygens (including phenoxy) is 2. The first-order valence-corrected chi connectivity index (χ1v) is 11.5. The lowest BCUT2D eigenvalue weighted by Gasteiger charge is -2.43. The molecule has 11 nitrogen and oxygen atoms in total. The number of para-hydroxylation sites is 1. The largest absolute Gasteiger partial charge is 0.459 e. The average molecular weight is 487 g/mol. The van der Waals surface area contributed by atoms with Gasteiger partial charge in [0.25, 0.3) is 5.69 Å². The van der Waals surface area contributed by atoms with Gasteiger partial charge in [-0.3, -0.25) is 19.1 Å². The van der Waals surface area contributed by atoms with Gasteiger partial charge in [0, 0.05) is 12.1 Å². The third-order valence-electron chi connectivity index (χ3n) is 5.73. The number of non-ortho nitro benzene ring substituents is 1. The van der Waals surface area contributed by atoms with Crippen LogP contribution in [-0.4, -0.2) is 54.2 Å². The molecule has 34 heavy (non-hydrogen) atoms. The molecular formula is C22H21N3O8S. The van der Waals surface area contributed by atoms with Gasteiger partial charge in [0.05, 0.1) is 20.5 Å². The molecule has 0 aromatic heterocycles. The van der Waals surface area contributed by atoms with Gasteiger partial charge in [0.15, 0.2) is 0 Å². The van der Waals surface area contributed by atoms with E-state index in [-0.39, 0.29) is 18.0 Å². The molecule has 0 spiro atoms. The van der Waals surface area contributed by atoms with Crippen molar-refractivity contribution in [3.63, 3.8) is 0 Å². The van der Waals surface area contributed by atoms with E-state index in [0.717, 1.165) is 0 Å². The summed E-state index contributed by atoms with van der Waals surface area (Å²) in [6, 6.07) is 11.5. The van der Waals surface area contributed by atoms with Crippen molar-refractivity contribution < 1.29 is 33.0 Å². The summed E-state index contributed by atoms with van der Waals surface area (Å²) in [4.78, 5) is 49.3. The molecule has 2 amide bonds. The predicted molar refractivity (Wildman–Crippen MR) is 119 cm³/mol. The number of nitro benzene ring substituents is 1. The van der Waals surface area contributed by atoms with Crippen LogP contribution >= 0.6 is 0 Å². The van der Waals surface area contributed by atoms with E-state index in [4.69, 9.17) is 9.47 Å². The topological polar surface area (TPSA) is 145 Å². The van der Waals surface area contributed by atoms with Crippen molar-refractivity contribution in [1.82, 2.24) is 10.2 Å². The molecule has 2 aliphatic heterocycles. The summed E-state index contributed by atoms with van der Waals surface area (Å²) in [6.07, 6.45) is -0.872. The van der Waals surface area contributed by atoms with Crippen molar-refractivity contribution >= 4 is 34.5 Å².